The maximum absolute atomic E-state index is 11.9. The van der Waals surface area contributed by atoms with Crippen LogP contribution in [0.15, 0.2) is 122 Å². The predicted octanol–water partition coefficient (Wildman–Crippen LogP) is 10.9. The Morgan fingerprint density at radius 1 is 0.609 bits per heavy atom. The van der Waals surface area contributed by atoms with E-state index in [2.05, 4.69) is 149 Å². The van der Waals surface area contributed by atoms with E-state index in [1.807, 2.05) is 18.3 Å². The fraction of sp³-hybridized carbons (Fsp3) is 0.190. The van der Waals surface area contributed by atoms with E-state index in [1.54, 1.807) is 0 Å². The molecule has 4 heteroatoms. The number of phenols is 1. The number of hydrogen-bond acceptors (Lipinski definition) is 3. The normalized spacial score (nSPS) is 12.2. The van der Waals surface area contributed by atoms with Gasteiger partial charge in [0.1, 0.15) is 17.1 Å². The van der Waals surface area contributed by atoms with Crippen LogP contribution in [-0.4, -0.2) is 19.5 Å². The molecule has 7 rings (SSSR count). The third-order valence-corrected chi connectivity index (χ3v) is 8.84. The molecule has 7 aromatic rings. The molecule has 0 radical (unpaired) electrons. The maximum atomic E-state index is 11.9. The molecular formula is C42H39N3O. The van der Waals surface area contributed by atoms with Gasteiger partial charge in [0.15, 0.2) is 0 Å². The molecule has 0 atom stereocenters. The van der Waals surface area contributed by atoms with Crippen LogP contribution < -0.4 is 0 Å². The van der Waals surface area contributed by atoms with Crippen LogP contribution >= 0.6 is 0 Å². The molecule has 1 N–H and O–H groups in total. The highest BCUT2D eigenvalue weighted by Crippen LogP contribution is 2.45. The summed E-state index contributed by atoms with van der Waals surface area (Å²) in [7, 11) is 0. The Morgan fingerprint density at radius 2 is 1.30 bits per heavy atom. The Balaban J connectivity index is 1.48. The van der Waals surface area contributed by atoms with Gasteiger partial charge in [-0.3, -0.25) is 9.38 Å². The van der Waals surface area contributed by atoms with E-state index in [0.29, 0.717) is 0 Å². The Labute approximate surface area is 271 Å². The number of phenolic OH excluding ortho intramolecular Hbond substituents is 1. The van der Waals surface area contributed by atoms with Gasteiger partial charge in [-0.2, -0.15) is 0 Å². The average Bonchev–Trinajstić information content (AvgIpc) is 3.43. The van der Waals surface area contributed by atoms with Crippen molar-refractivity contribution in [3.05, 3.63) is 133 Å². The quantitative estimate of drug-likeness (QED) is 0.218. The van der Waals surface area contributed by atoms with Crippen molar-refractivity contribution in [2.45, 2.75) is 52.4 Å². The lowest BCUT2D eigenvalue weighted by Crippen LogP contribution is -2.17. The van der Waals surface area contributed by atoms with Gasteiger partial charge in [0, 0.05) is 45.6 Å². The molecule has 0 unspecified atom stereocenters. The van der Waals surface area contributed by atoms with E-state index in [-0.39, 0.29) is 16.6 Å². The molecule has 3 heterocycles. The lowest BCUT2D eigenvalue weighted by Gasteiger charge is -2.27. The Hall–Kier alpha value is -5.22. The standard InChI is InChI=1S/C42H39N3O/c1-41(2,3)32-24-34(39(46)35(25-32)42(4,5)6)37-38(27-14-8-7-9-15-27)45-21-13-20-33(40(45)44-37)29-18-12-19-30(22-29)36-23-28-16-10-11-17-31(28)26-43-36/h7-26,46H,1-6H3. The summed E-state index contributed by atoms with van der Waals surface area (Å²) in [5.41, 5.74) is 10.1. The van der Waals surface area contributed by atoms with E-state index in [4.69, 9.17) is 9.97 Å². The molecule has 4 aromatic carbocycles. The van der Waals surface area contributed by atoms with E-state index in [1.165, 1.54) is 0 Å². The van der Waals surface area contributed by atoms with Gasteiger partial charge >= 0.3 is 0 Å². The highest BCUT2D eigenvalue weighted by atomic mass is 16.3. The van der Waals surface area contributed by atoms with Gasteiger partial charge in [-0.1, -0.05) is 120 Å². The zero-order chi connectivity index (χ0) is 32.2. The van der Waals surface area contributed by atoms with Crippen LogP contribution in [0.25, 0.3) is 61.3 Å². The van der Waals surface area contributed by atoms with Gasteiger partial charge in [0.25, 0.3) is 0 Å². The van der Waals surface area contributed by atoms with Crippen LogP contribution in [0.3, 0.4) is 0 Å². The van der Waals surface area contributed by atoms with Crippen LogP contribution in [0.4, 0.5) is 0 Å². The zero-order valence-electron chi connectivity index (χ0n) is 27.3. The number of aromatic hydroxyl groups is 1. The zero-order valence-corrected chi connectivity index (χ0v) is 27.3. The monoisotopic (exact) mass is 601 g/mol. The number of imidazole rings is 1. The van der Waals surface area contributed by atoms with Gasteiger partial charge in [-0.05, 0) is 57.7 Å². The van der Waals surface area contributed by atoms with Gasteiger partial charge in [0.05, 0.1) is 11.4 Å². The van der Waals surface area contributed by atoms with Crippen molar-refractivity contribution in [3.63, 3.8) is 0 Å². The van der Waals surface area contributed by atoms with Crippen LogP contribution in [0.2, 0.25) is 0 Å². The van der Waals surface area contributed by atoms with Crippen molar-refractivity contribution < 1.29 is 5.11 Å². The smallest absolute Gasteiger partial charge is 0.145 e. The van der Waals surface area contributed by atoms with Crippen molar-refractivity contribution in [1.82, 2.24) is 14.4 Å². The lowest BCUT2D eigenvalue weighted by molar-refractivity contribution is 0.446. The molecule has 0 saturated heterocycles. The summed E-state index contributed by atoms with van der Waals surface area (Å²) >= 11 is 0. The summed E-state index contributed by atoms with van der Waals surface area (Å²) in [4.78, 5) is 10.2. The summed E-state index contributed by atoms with van der Waals surface area (Å²) in [5.74, 6) is 0.284. The molecule has 0 bridgehead atoms. The number of pyridine rings is 2. The highest BCUT2D eigenvalue weighted by molar-refractivity contribution is 5.91. The first-order valence-corrected chi connectivity index (χ1v) is 15.9. The minimum Gasteiger partial charge on any atom is -0.507 e. The molecule has 0 spiro atoms. The van der Waals surface area contributed by atoms with Crippen molar-refractivity contribution in [2.24, 2.45) is 0 Å². The minimum atomic E-state index is -0.255. The molecule has 0 aliphatic carbocycles. The summed E-state index contributed by atoms with van der Waals surface area (Å²) < 4.78 is 2.17. The first-order valence-electron chi connectivity index (χ1n) is 15.9. The molecule has 228 valence electrons. The molecule has 3 aromatic heterocycles. The Kier molecular flexibility index (Phi) is 7.05. The Bertz CT molecular complexity index is 2230. The van der Waals surface area contributed by atoms with Crippen LogP contribution in [0, 0.1) is 0 Å². The van der Waals surface area contributed by atoms with Crippen molar-refractivity contribution in [1.29, 1.82) is 0 Å². The van der Waals surface area contributed by atoms with Crippen molar-refractivity contribution in [3.8, 4) is 50.6 Å². The SMILES string of the molecule is CC(C)(C)c1cc(-c2nc3c(-c4cccc(-c5cc6ccccc6cn5)c4)cccn3c2-c2ccccc2)c(O)c(C(C)(C)C)c1. The molecule has 46 heavy (non-hydrogen) atoms. The van der Waals surface area contributed by atoms with Crippen LogP contribution in [-0.2, 0) is 10.8 Å². The fourth-order valence-corrected chi connectivity index (χ4v) is 6.26. The molecule has 0 aliphatic rings. The van der Waals surface area contributed by atoms with E-state index in [9.17, 15) is 5.11 Å². The van der Waals surface area contributed by atoms with Gasteiger partial charge in [-0.15, -0.1) is 0 Å². The number of benzene rings is 4. The van der Waals surface area contributed by atoms with Crippen LogP contribution in [0.5, 0.6) is 5.75 Å². The molecular weight excluding hydrogens is 562 g/mol. The second kappa shape index (κ2) is 11.0. The second-order valence-corrected chi connectivity index (χ2v) is 14.2. The number of aromatic nitrogens is 3. The molecule has 4 nitrogen and oxygen atoms in total. The lowest BCUT2D eigenvalue weighted by atomic mass is 9.78. The third-order valence-electron chi connectivity index (χ3n) is 8.84. The third kappa shape index (κ3) is 5.24. The molecule has 0 saturated carbocycles. The largest absolute Gasteiger partial charge is 0.507 e. The van der Waals surface area contributed by atoms with Gasteiger partial charge in [0.2, 0.25) is 0 Å². The van der Waals surface area contributed by atoms with Gasteiger partial charge in [-0.25, -0.2) is 4.98 Å². The first-order chi connectivity index (χ1) is 22.0. The highest BCUT2D eigenvalue weighted by Gasteiger charge is 2.28. The van der Waals surface area contributed by atoms with Crippen LogP contribution in [0.1, 0.15) is 52.7 Å². The molecule has 0 aliphatic heterocycles. The number of hydrogen-bond donors (Lipinski definition) is 1. The van der Waals surface area contributed by atoms with Gasteiger partial charge < -0.3 is 5.11 Å². The van der Waals surface area contributed by atoms with E-state index >= 15 is 0 Å². The minimum absolute atomic E-state index is 0.114. The molecule has 0 fully saturated rings. The predicted molar refractivity (Wildman–Crippen MR) is 191 cm³/mol. The summed E-state index contributed by atoms with van der Waals surface area (Å²) in [6, 6.07) is 37.8. The average molecular weight is 602 g/mol. The second-order valence-electron chi connectivity index (χ2n) is 14.2. The molecule has 0 amide bonds. The van der Waals surface area contributed by atoms with Crippen molar-refractivity contribution in [2.75, 3.05) is 0 Å². The fourth-order valence-electron chi connectivity index (χ4n) is 6.26. The number of rotatable bonds is 4. The van der Waals surface area contributed by atoms with E-state index < -0.39 is 0 Å². The number of nitrogens with zero attached hydrogens (tertiary/aromatic N) is 3. The summed E-state index contributed by atoms with van der Waals surface area (Å²) in [6.07, 6.45) is 4.01. The topological polar surface area (TPSA) is 50.4 Å². The number of fused-ring (bicyclic) bond motifs is 2. The van der Waals surface area contributed by atoms with Crippen molar-refractivity contribution >= 4 is 16.4 Å². The maximum Gasteiger partial charge on any atom is 0.145 e. The Morgan fingerprint density at radius 3 is 2.04 bits per heavy atom. The van der Waals surface area contributed by atoms with E-state index in [0.717, 1.165) is 72.4 Å². The summed E-state index contributed by atoms with van der Waals surface area (Å²) in [5, 5.41) is 14.2. The summed E-state index contributed by atoms with van der Waals surface area (Å²) in [6.45, 7) is 13.1. The first kappa shape index (κ1) is 29.5.